The van der Waals surface area contributed by atoms with E-state index in [1.807, 2.05) is 13.1 Å². The van der Waals surface area contributed by atoms with E-state index in [-0.39, 0.29) is 29.5 Å². The van der Waals surface area contributed by atoms with Crippen LogP contribution in [-0.2, 0) is 0 Å². The monoisotopic (exact) mass is 410 g/mol. The van der Waals surface area contributed by atoms with Crippen LogP contribution in [0, 0.1) is 5.92 Å². The molecule has 1 amide bonds. The lowest BCUT2D eigenvalue weighted by Crippen LogP contribution is -2.44. The molecule has 0 unspecified atom stereocenters. The molecule has 158 valence electrons. The highest BCUT2D eigenvalue weighted by Gasteiger charge is 2.45. The molecule has 28 heavy (non-hydrogen) atoms. The van der Waals surface area contributed by atoms with E-state index in [2.05, 4.69) is 13.8 Å². The molecule has 1 aliphatic rings. The van der Waals surface area contributed by atoms with E-state index in [1.54, 1.807) is 17.0 Å². The van der Waals surface area contributed by atoms with Gasteiger partial charge in [-0.25, -0.2) is 0 Å². The summed E-state index contributed by atoms with van der Waals surface area (Å²) in [5.41, 5.74) is 6.75. The van der Waals surface area contributed by atoms with Gasteiger partial charge in [0.25, 0.3) is 5.91 Å². The number of rotatable bonds is 7. The van der Waals surface area contributed by atoms with Crippen molar-refractivity contribution in [2.45, 2.75) is 50.9 Å². The SMILES string of the molecule is COc1cc(N)c(C(=O)N2CC[C@H](CC(C)(C)[Si](C)(C)O)[C@H]2CO)cc1OC. The largest absolute Gasteiger partial charge is 0.493 e. The number of nitrogen functional groups attached to an aromatic ring is 1. The van der Waals surface area contributed by atoms with Gasteiger partial charge in [0.1, 0.15) is 0 Å². The fourth-order valence-electron chi connectivity index (χ4n) is 3.80. The Morgan fingerprint density at radius 3 is 2.36 bits per heavy atom. The third-order valence-corrected chi connectivity index (χ3v) is 9.86. The zero-order valence-electron chi connectivity index (χ0n) is 17.8. The number of amides is 1. The van der Waals surface area contributed by atoms with Gasteiger partial charge in [-0.3, -0.25) is 4.79 Å². The van der Waals surface area contributed by atoms with Gasteiger partial charge in [-0.2, -0.15) is 0 Å². The minimum atomic E-state index is -2.38. The Morgan fingerprint density at radius 2 is 1.86 bits per heavy atom. The number of likely N-dealkylation sites (tertiary alicyclic amines) is 1. The van der Waals surface area contributed by atoms with Crippen LogP contribution >= 0.6 is 0 Å². The van der Waals surface area contributed by atoms with Gasteiger partial charge in [-0.05, 0) is 43.0 Å². The molecule has 1 aromatic rings. The maximum absolute atomic E-state index is 13.2. The lowest BCUT2D eigenvalue weighted by Gasteiger charge is -2.38. The summed E-state index contributed by atoms with van der Waals surface area (Å²) in [4.78, 5) is 25.5. The summed E-state index contributed by atoms with van der Waals surface area (Å²) in [6, 6.07) is 2.87. The highest BCUT2D eigenvalue weighted by atomic mass is 28.4. The number of carbonyl (C=O) groups excluding carboxylic acids is 1. The first-order valence-corrected chi connectivity index (χ1v) is 12.6. The first kappa shape index (κ1) is 22.5. The molecule has 0 bridgehead atoms. The van der Waals surface area contributed by atoms with E-state index in [1.165, 1.54) is 14.2 Å². The van der Waals surface area contributed by atoms with E-state index in [0.29, 0.717) is 29.3 Å². The maximum atomic E-state index is 13.2. The van der Waals surface area contributed by atoms with Crippen LogP contribution in [0.15, 0.2) is 12.1 Å². The second-order valence-electron chi connectivity index (χ2n) is 8.74. The summed E-state index contributed by atoms with van der Waals surface area (Å²) in [5.74, 6) is 0.805. The van der Waals surface area contributed by atoms with Crippen molar-refractivity contribution in [2.75, 3.05) is 33.1 Å². The van der Waals surface area contributed by atoms with Crippen molar-refractivity contribution >= 4 is 19.9 Å². The van der Waals surface area contributed by atoms with Gasteiger partial charge in [-0.1, -0.05) is 13.8 Å². The van der Waals surface area contributed by atoms with Crippen molar-refractivity contribution in [3.63, 3.8) is 0 Å². The Kier molecular flexibility index (Phi) is 6.68. The molecule has 0 aliphatic carbocycles. The molecule has 2 atom stereocenters. The summed E-state index contributed by atoms with van der Waals surface area (Å²) in [6.07, 6.45) is 1.55. The van der Waals surface area contributed by atoms with E-state index >= 15 is 0 Å². The number of ether oxygens (including phenoxy) is 2. The van der Waals surface area contributed by atoms with Crippen LogP contribution in [0.1, 0.15) is 37.0 Å². The molecule has 0 aromatic heterocycles. The Balaban J connectivity index is 2.28. The molecule has 2 rings (SSSR count). The number of carbonyl (C=O) groups is 1. The third kappa shape index (κ3) is 4.29. The Hall–Kier alpha value is -1.77. The number of aliphatic hydroxyl groups excluding tert-OH is 1. The van der Waals surface area contributed by atoms with Gasteiger partial charge >= 0.3 is 0 Å². The highest BCUT2D eigenvalue weighted by Crippen LogP contribution is 2.45. The zero-order valence-corrected chi connectivity index (χ0v) is 18.8. The molecular formula is C20H34N2O5Si. The fourth-order valence-corrected chi connectivity index (χ4v) is 4.56. The van der Waals surface area contributed by atoms with Crippen molar-refractivity contribution in [1.29, 1.82) is 0 Å². The van der Waals surface area contributed by atoms with Gasteiger partial charge in [-0.15, -0.1) is 0 Å². The van der Waals surface area contributed by atoms with E-state index in [0.717, 1.165) is 12.8 Å². The van der Waals surface area contributed by atoms with Crippen LogP contribution in [0.3, 0.4) is 0 Å². The van der Waals surface area contributed by atoms with Crippen molar-refractivity contribution in [1.82, 2.24) is 4.90 Å². The van der Waals surface area contributed by atoms with Crippen LogP contribution < -0.4 is 15.2 Å². The molecule has 1 aliphatic heterocycles. The van der Waals surface area contributed by atoms with E-state index in [9.17, 15) is 14.7 Å². The Labute approximate surface area is 168 Å². The normalized spacial score (nSPS) is 20.4. The first-order chi connectivity index (χ1) is 13.0. The molecule has 1 fully saturated rings. The van der Waals surface area contributed by atoms with Gasteiger partial charge in [0.05, 0.1) is 32.4 Å². The molecule has 1 aromatic carbocycles. The summed E-state index contributed by atoms with van der Waals surface area (Å²) in [7, 11) is 0.645. The predicted molar refractivity (Wildman–Crippen MR) is 112 cm³/mol. The quantitative estimate of drug-likeness (QED) is 0.471. The summed E-state index contributed by atoms with van der Waals surface area (Å²) < 4.78 is 10.5. The topological polar surface area (TPSA) is 105 Å². The lowest BCUT2D eigenvalue weighted by molar-refractivity contribution is 0.0632. The van der Waals surface area contributed by atoms with E-state index in [4.69, 9.17) is 15.2 Å². The predicted octanol–water partition coefficient (Wildman–Crippen LogP) is 2.48. The van der Waals surface area contributed by atoms with Gasteiger partial charge in [0.15, 0.2) is 19.8 Å². The first-order valence-electron chi connectivity index (χ1n) is 9.62. The van der Waals surface area contributed by atoms with Crippen molar-refractivity contribution in [3.05, 3.63) is 17.7 Å². The molecule has 0 radical (unpaired) electrons. The number of aliphatic hydroxyl groups is 1. The van der Waals surface area contributed by atoms with Crippen LogP contribution in [0.25, 0.3) is 0 Å². The smallest absolute Gasteiger partial charge is 0.256 e. The number of nitrogens with two attached hydrogens (primary N) is 1. The number of methoxy groups -OCH3 is 2. The van der Waals surface area contributed by atoms with Gasteiger partial charge in [0, 0.05) is 18.3 Å². The van der Waals surface area contributed by atoms with Crippen molar-refractivity contribution in [3.8, 4) is 11.5 Å². The number of anilines is 1. The van der Waals surface area contributed by atoms with Crippen LogP contribution in [0.2, 0.25) is 18.1 Å². The Bertz CT molecular complexity index is 717. The number of hydrogen-bond acceptors (Lipinski definition) is 6. The number of nitrogens with zero attached hydrogens (tertiary/aromatic N) is 1. The van der Waals surface area contributed by atoms with Crippen LogP contribution in [-0.4, -0.2) is 62.4 Å². The molecular weight excluding hydrogens is 376 g/mol. The van der Waals surface area contributed by atoms with Gasteiger partial charge < -0.3 is 30.0 Å². The molecule has 4 N–H and O–H groups in total. The number of hydrogen-bond donors (Lipinski definition) is 3. The molecule has 1 heterocycles. The van der Waals surface area contributed by atoms with Gasteiger partial charge in [0.2, 0.25) is 0 Å². The molecule has 0 spiro atoms. The molecule has 7 nitrogen and oxygen atoms in total. The average molecular weight is 411 g/mol. The second kappa shape index (κ2) is 8.30. The molecule has 0 saturated carbocycles. The fraction of sp³-hybridized carbons (Fsp3) is 0.650. The highest BCUT2D eigenvalue weighted by molar-refractivity contribution is 6.72. The number of benzene rings is 1. The summed E-state index contributed by atoms with van der Waals surface area (Å²) >= 11 is 0. The van der Waals surface area contributed by atoms with Crippen molar-refractivity contribution in [2.24, 2.45) is 5.92 Å². The zero-order chi connectivity index (χ0) is 21.3. The lowest BCUT2D eigenvalue weighted by atomic mass is 9.90. The minimum Gasteiger partial charge on any atom is -0.493 e. The maximum Gasteiger partial charge on any atom is 0.256 e. The second-order valence-corrected chi connectivity index (χ2v) is 13.2. The molecule has 1 saturated heterocycles. The average Bonchev–Trinajstić information content (AvgIpc) is 3.01. The summed E-state index contributed by atoms with van der Waals surface area (Å²) in [5, 5.41) is 9.82. The standard InChI is InChI=1S/C20H34N2O5Si/c1-20(2,28(5,6)25)11-13-7-8-22(16(13)12-23)19(24)14-9-17(26-3)18(27-4)10-15(14)21/h9-10,13,16,23,25H,7-8,11-12,21H2,1-6H3/t13-,16-/m1/s1. The van der Waals surface area contributed by atoms with Crippen LogP contribution in [0.4, 0.5) is 5.69 Å². The minimum absolute atomic E-state index is 0.118. The molecule has 8 heteroatoms. The summed E-state index contributed by atoms with van der Waals surface area (Å²) in [6.45, 7) is 8.44. The third-order valence-electron chi connectivity index (χ3n) is 6.35. The van der Waals surface area contributed by atoms with E-state index < -0.39 is 8.32 Å². The van der Waals surface area contributed by atoms with Crippen LogP contribution in [0.5, 0.6) is 11.5 Å². The Morgan fingerprint density at radius 1 is 1.29 bits per heavy atom. The van der Waals surface area contributed by atoms with Crippen molar-refractivity contribution < 1.29 is 24.2 Å².